The SMILES string of the molecule is O=C(O)CCNc1ccc(C(=O)N2CCCC2)cc1[N+](=O)[O-]. The lowest BCUT2D eigenvalue weighted by atomic mass is 10.1. The Morgan fingerprint density at radius 3 is 2.59 bits per heavy atom. The highest BCUT2D eigenvalue weighted by atomic mass is 16.6. The van der Waals surface area contributed by atoms with Gasteiger partial charge in [-0.25, -0.2) is 0 Å². The summed E-state index contributed by atoms with van der Waals surface area (Å²) < 4.78 is 0. The number of carbonyl (C=O) groups is 2. The number of nitro groups is 1. The quantitative estimate of drug-likeness (QED) is 0.611. The van der Waals surface area contributed by atoms with E-state index in [4.69, 9.17) is 5.11 Å². The van der Waals surface area contributed by atoms with Gasteiger partial charge in [-0.2, -0.15) is 0 Å². The van der Waals surface area contributed by atoms with Crippen LogP contribution in [0, 0.1) is 10.1 Å². The number of likely N-dealkylation sites (tertiary alicyclic amines) is 1. The number of hydrogen-bond donors (Lipinski definition) is 2. The Hall–Kier alpha value is -2.64. The Morgan fingerprint density at radius 2 is 2.00 bits per heavy atom. The lowest BCUT2D eigenvalue weighted by Crippen LogP contribution is -2.27. The van der Waals surface area contributed by atoms with E-state index in [9.17, 15) is 19.7 Å². The molecule has 1 aliphatic heterocycles. The molecule has 0 bridgehead atoms. The summed E-state index contributed by atoms with van der Waals surface area (Å²) in [5.74, 6) is -1.20. The molecule has 8 nitrogen and oxygen atoms in total. The molecule has 0 aliphatic carbocycles. The molecule has 8 heteroatoms. The van der Waals surface area contributed by atoms with Crippen molar-refractivity contribution in [3.8, 4) is 0 Å². The third-order valence-corrected chi connectivity index (χ3v) is 3.49. The highest BCUT2D eigenvalue weighted by Crippen LogP contribution is 2.26. The van der Waals surface area contributed by atoms with Crippen molar-refractivity contribution in [2.24, 2.45) is 0 Å². The van der Waals surface area contributed by atoms with E-state index >= 15 is 0 Å². The molecule has 2 rings (SSSR count). The van der Waals surface area contributed by atoms with Crippen molar-refractivity contribution in [1.82, 2.24) is 4.90 Å². The molecule has 118 valence electrons. The van der Waals surface area contributed by atoms with Gasteiger partial charge in [-0.05, 0) is 25.0 Å². The lowest BCUT2D eigenvalue weighted by Gasteiger charge is -2.15. The van der Waals surface area contributed by atoms with Crippen molar-refractivity contribution in [3.05, 3.63) is 33.9 Å². The number of nitrogens with one attached hydrogen (secondary N) is 1. The number of benzene rings is 1. The molecule has 0 saturated carbocycles. The number of carbonyl (C=O) groups excluding carboxylic acids is 1. The van der Waals surface area contributed by atoms with Gasteiger partial charge in [-0.1, -0.05) is 0 Å². The van der Waals surface area contributed by atoms with Gasteiger partial charge in [0.15, 0.2) is 0 Å². The predicted octanol–water partition coefficient (Wildman–Crippen LogP) is 1.72. The van der Waals surface area contributed by atoms with Crippen LogP contribution in [0.5, 0.6) is 0 Å². The van der Waals surface area contributed by atoms with Crippen molar-refractivity contribution in [2.75, 3.05) is 25.0 Å². The van der Waals surface area contributed by atoms with Gasteiger partial charge < -0.3 is 15.3 Å². The Morgan fingerprint density at radius 1 is 1.32 bits per heavy atom. The monoisotopic (exact) mass is 307 g/mol. The number of rotatable bonds is 6. The average Bonchev–Trinajstić information content (AvgIpc) is 3.00. The summed E-state index contributed by atoms with van der Waals surface area (Å²) in [5, 5.41) is 22.4. The minimum absolute atomic E-state index is 0.0790. The zero-order chi connectivity index (χ0) is 16.1. The molecule has 2 N–H and O–H groups in total. The number of nitro benzene ring substituents is 1. The maximum absolute atomic E-state index is 12.2. The summed E-state index contributed by atoms with van der Waals surface area (Å²) >= 11 is 0. The van der Waals surface area contributed by atoms with Crippen molar-refractivity contribution >= 4 is 23.3 Å². The smallest absolute Gasteiger partial charge is 0.305 e. The Labute approximate surface area is 126 Å². The molecular weight excluding hydrogens is 290 g/mol. The summed E-state index contributed by atoms with van der Waals surface area (Å²) in [6.45, 7) is 1.42. The number of anilines is 1. The van der Waals surface area contributed by atoms with Gasteiger partial charge in [0, 0.05) is 31.3 Å². The molecule has 1 saturated heterocycles. The molecule has 1 aromatic carbocycles. The lowest BCUT2D eigenvalue weighted by molar-refractivity contribution is -0.384. The second-order valence-electron chi connectivity index (χ2n) is 5.06. The van der Waals surface area contributed by atoms with E-state index in [2.05, 4.69) is 5.32 Å². The largest absolute Gasteiger partial charge is 0.481 e. The Bertz CT molecular complexity index is 596. The van der Waals surface area contributed by atoms with Crippen LogP contribution in [0.4, 0.5) is 11.4 Å². The van der Waals surface area contributed by atoms with E-state index in [1.54, 1.807) is 4.90 Å². The zero-order valence-electron chi connectivity index (χ0n) is 11.9. The molecule has 1 heterocycles. The third-order valence-electron chi connectivity index (χ3n) is 3.49. The molecule has 1 aliphatic rings. The molecule has 0 atom stereocenters. The fourth-order valence-corrected chi connectivity index (χ4v) is 2.37. The molecule has 1 fully saturated rings. The summed E-state index contributed by atoms with van der Waals surface area (Å²) in [6, 6.07) is 4.21. The zero-order valence-corrected chi connectivity index (χ0v) is 11.9. The fraction of sp³-hybridized carbons (Fsp3) is 0.429. The number of amides is 1. The first-order valence-corrected chi connectivity index (χ1v) is 7.02. The van der Waals surface area contributed by atoms with Gasteiger partial charge in [-0.3, -0.25) is 19.7 Å². The first-order chi connectivity index (χ1) is 10.5. The fourth-order valence-electron chi connectivity index (χ4n) is 2.37. The van der Waals surface area contributed by atoms with Crippen LogP contribution >= 0.6 is 0 Å². The second-order valence-corrected chi connectivity index (χ2v) is 5.06. The average molecular weight is 307 g/mol. The van der Waals surface area contributed by atoms with E-state index in [1.165, 1.54) is 18.2 Å². The summed E-state index contributed by atoms with van der Waals surface area (Å²) in [5.41, 5.74) is 0.261. The summed E-state index contributed by atoms with van der Waals surface area (Å²) in [6.07, 6.45) is 1.75. The number of aliphatic carboxylic acids is 1. The number of carboxylic acids is 1. The molecule has 0 radical (unpaired) electrons. The molecule has 0 aromatic heterocycles. The molecular formula is C14H17N3O5. The van der Waals surface area contributed by atoms with Crippen LogP contribution in [0.1, 0.15) is 29.6 Å². The number of nitrogens with zero attached hydrogens (tertiary/aromatic N) is 2. The maximum atomic E-state index is 12.2. The Balaban J connectivity index is 2.17. The number of hydrogen-bond acceptors (Lipinski definition) is 5. The van der Waals surface area contributed by atoms with Crippen LogP contribution < -0.4 is 5.32 Å². The molecule has 0 spiro atoms. The molecule has 0 unspecified atom stereocenters. The number of carboxylic acid groups (broad SMARTS) is 1. The van der Waals surface area contributed by atoms with Crippen molar-refractivity contribution in [1.29, 1.82) is 0 Å². The maximum Gasteiger partial charge on any atom is 0.305 e. The highest BCUT2D eigenvalue weighted by Gasteiger charge is 2.23. The van der Waals surface area contributed by atoms with Crippen molar-refractivity contribution < 1.29 is 19.6 Å². The molecule has 22 heavy (non-hydrogen) atoms. The van der Waals surface area contributed by atoms with Crippen LogP contribution in [-0.2, 0) is 4.79 Å². The van der Waals surface area contributed by atoms with E-state index < -0.39 is 10.9 Å². The second kappa shape index (κ2) is 6.88. The van der Waals surface area contributed by atoms with Gasteiger partial charge in [0.05, 0.1) is 11.3 Å². The van der Waals surface area contributed by atoms with Gasteiger partial charge in [0.1, 0.15) is 5.69 Å². The van der Waals surface area contributed by atoms with Crippen LogP contribution in [0.25, 0.3) is 0 Å². The van der Waals surface area contributed by atoms with Crippen LogP contribution in [0.3, 0.4) is 0 Å². The van der Waals surface area contributed by atoms with Gasteiger partial charge in [-0.15, -0.1) is 0 Å². The van der Waals surface area contributed by atoms with Crippen molar-refractivity contribution in [2.45, 2.75) is 19.3 Å². The van der Waals surface area contributed by atoms with Crippen molar-refractivity contribution in [3.63, 3.8) is 0 Å². The normalized spacial score (nSPS) is 13.9. The van der Waals surface area contributed by atoms with Crippen LogP contribution in [0.15, 0.2) is 18.2 Å². The first-order valence-electron chi connectivity index (χ1n) is 7.02. The highest BCUT2D eigenvalue weighted by molar-refractivity contribution is 5.96. The van der Waals surface area contributed by atoms with Crippen LogP contribution in [0.2, 0.25) is 0 Å². The van der Waals surface area contributed by atoms with E-state index in [-0.39, 0.29) is 35.8 Å². The summed E-state index contributed by atoms with van der Waals surface area (Å²) in [7, 11) is 0. The van der Waals surface area contributed by atoms with Gasteiger partial charge in [0.2, 0.25) is 0 Å². The topological polar surface area (TPSA) is 113 Å². The van der Waals surface area contributed by atoms with Gasteiger partial charge in [0.25, 0.3) is 11.6 Å². The van der Waals surface area contributed by atoms with E-state index in [0.717, 1.165) is 12.8 Å². The van der Waals surface area contributed by atoms with Crippen LogP contribution in [-0.4, -0.2) is 46.4 Å². The van der Waals surface area contributed by atoms with Gasteiger partial charge >= 0.3 is 5.97 Å². The molecule has 1 amide bonds. The predicted molar refractivity (Wildman–Crippen MR) is 79.0 cm³/mol. The minimum atomic E-state index is -0.990. The third kappa shape index (κ3) is 3.72. The first kappa shape index (κ1) is 15.7. The van der Waals surface area contributed by atoms with E-state index in [0.29, 0.717) is 13.1 Å². The Kier molecular flexibility index (Phi) is 4.92. The standard InChI is InChI=1S/C14H17N3O5/c18-13(19)5-6-15-11-4-3-10(9-12(11)17(21)22)14(20)16-7-1-2-8-16/h3-4,9,15H,1-2,5-8H2,(H,18,19). The van der Waals surface area contributed by atoms with E-state index in [1.807, 2.05) is 0 Å². The minimum Gasteiger partial charge on any atom is -0.481 e. The summed E-state index contributed by atoms with van der Waals surface area (Å²) in [4.78, 5) is 35.0. The molecule has 1 aromatic rings.